The average Bonchev–Trinajstić information content (AvgIpc) is 2.53. The Balaban J connectivity index is 2.37. The summed E-state index contributed by atoms with van der Waals surface area (Å²) in [6.07, 6.45) is -1.18. The molecule has 1 atom stereocenters. The Hall–Kier alpha value is -2.46. The van der Waals surface area contributed by atoms with E-state index in [0.717, 1.165) is 16.8 Å². The summed E-state index contributed by atoms with van der Waals surface area (Å²) in [6, 6.07) is 13.1. The Morgan fingerprint density at radius 2 is 1.95 bits per heavy atom. The molecule has 1 heterocycles. The van der Waals surface area contributed by atoms with Crippen molar-refractivity contribution in [3.63, 3.8) is 0 Å². The minimum absolute atomic E-state index is 0.0352. The number of esters is 1. The standard InChI is InChI=1S/C17H17NO3/c1-11-7-4-5-8-13(11)14-9-6-10-15(18-14)16(19)12(2)17(20)21-3/h4-10,16,19H,2H2,1,3H3. The van der Waals surface area contributed by atoms with Gasteiger partial charge in [-0.3, -0.25) is 0 Å². The highest BCUT2D eigenvalue weighted by Crippen LogP contribution is 2.25. The molecule has 4 heteroatoms. The van der Waals surface area contributed by atoms with Crippen molar-refractivity contribution in [2.75, 3.05) is 7.11 Å². The summed E-state index contributed by atoms with van der Waals surface area (Å²) >= 11 is 0. The lowest BCUT2D eigenvalue weighted by Crippen LogP contribution is -2.13. The van der Waals surface area contributed by atoms with Gasteiger partial charge in [0, 0.05) is 5.56 Å². The summed E-state index contributed by atoms with van der Waals surface area (Å²) in [7, 11) is 1.25. The molecule has 21 heavy (non-hydrogen) atoms. The third-order valence-electron chi connectivity index (χ3n) is 3.25. The number of methoxy groups -OCH3 is 1. The molecule has 0 saturated carbocycles. The van der Waals surface area contributed by atoms with Crippen molar-refractivity contribution >= 4 is 5.97 Å². The predicted molar refractivity (Wildman–Crippen MR) is 80.5 cm³/mol. The minimum atomic E-state index is -1.18. The Labute approximate surface area is 123 Å². The van der Waals surface area contributed by atoms with Gasteiger partial charge in [-0.1, -0.05) is 36.9 Å². The minimum Gasteiger partial charge on any atom is -0.466 e. The number of aliphatic hydroxyl groups is 1. The molecule has 0 bridgehead atoms. The topological polar surface area (TPSA) is 59.4 Å². The van der Waals surface area contributed by atoms with Crippen molar-refractivity contribution in [2.45, 2.75) is 13.0 Å². The van der Waals surface area contributed by atoms with E-state index in [0.29, 0.717) is 5.69 Å². The summed E-state index contributed by atoms with van der Waals surface area (Å²) in [5.74, 6) is -0.648. The van der Waals surface area contributed by atoms with Crippen LogP contribution in [0.25, 0.3) is 11.3 Å². The Kier molecular flexibility index (Phi) is 4.50. The van der Waals surface area contributed by atoms with Gasteiger partial charge in [-0.15, -0.1) is 0 Å². The van der Waals surface area contributed by atoms with Gasteiger partial charge in [-0.2, -0.15) is 0 Å². The number of hydrogen-bond donors (Lipinski definition) is 1. The highest BCUT2D eigenvalue weighted by molar-refractivity contribution is 5.88. The van der Waals surface area contributed by atoms with E-state index in [1.54, 1.807) is 12.1 Å². The van der Waals surface area contributed by atoms with Gasteiger partial charge in [0.05, 0.1) is 24.1 Å². The van der Waals surface area contributed by atoms with E-state index in [9.17, 15) is 9.90 Å². The monoisotopic (exact) mass is 283 g/mol. The summed E-state index contributed by atoms with van der Waals surface area (Å²) < 4.78 is 4.56. The first-order chi connectivity index (χ1) is 10.0. The maximum atomic E-state index is 11.4. The number of hydrogen-bond acceptors (Lipinski definition) is 4. The van der Waals surface area contributed by atoms with Crippen molar-refractivity contribution in [1.82, 2.24) is 4.98 Å². The van der Waals surface area contributed by atoms with Gasteiger partial charge in [0.25, 0.3) is 0 Å². The van der Waals surface area contributed by atoms with Crippen molar-refractivity contribution in [3.8, 4) is 11.3 Å². The molecule has 1 unspecified atom stereocenters. The molecule has 2 rings (SSSR count). The molecule has 0 aliphatic heterocycles. The van der Waals surface area contributed by atoms with E-state index in [1.807, 2.05) is 37.3 Å². The van der Waals surface area contributed by atoms with Crippen LogP contribution in [0.4, 0.5) is 0 Å². The van der Waals surface area contributed by atoms with E-state index >= 15 is 0 Å². The van der Waals surface area contributed by atoms with Crippen LogP contribution in [0.1, 0.15) is 17.4 Å². The van der Waals surface area contributed by atoms with Crippen LogP contribution in [0.5, 0.6) is 0 Å². The van der Waals surface area contributed by atoms with Crippen LogP contribution in [0.15, 0.2) is 54.6 Å². The van der Waals surface area contributed by atoms with Crippen LogP contribution in [-0.2, 0) is 9.53 Å². The number of aryl methyl sites for hydroxylation is 1. The van der Waals surface area contributed by atoms with Gasteiger partial charge in [-0.05, 0) is 24.6 Å². The summed E-state index contributed by atoms with van der Waals surface area (Å²) in [6.45, 7) is 5.55. The van der Waals surface area contributed by atoms with Crippen molar-refractivity contribution in [2.24, 2.45) is 0 Å². The first-order valence-corrected chi connectivity index (χ1v) is 6.52. The number of carbonyl (C=O) groups excluding carboxylic acids is 1. The van der Waals surface area contributed by atoms with E-state index in [4.69, 9.17) is 0 Å². The molecule has 0 fully saturated rings. The Morgan fingerprint density at radius 3 is 2.62 bits per heavy atom. The number of nitrogens with zero attached hydrogens (tertiary/aromatic N) is 1. The molecule has 0 aliphatic rings. The summed E-state index contributed by atoms with van der Waals surface area (Å²) in [5, 5.41) is 10.2. The molecule has 0 aliphatic carbocycles. The molecule has 2 aromatic rings. The van der Waals surface area contributed by atoms with Gasteiger partial charge < -0.3 is 9.84 Å². The van der Waals surface area contributed by atoms with Crippen LogP contribution < -0.4 is 0 Å². The Morgan fingerprint density at radius 1 is 1.24 bits per heavy atom. The highest BCUT2D eigenvalue weighted by Gasteiger charge is 2.20. The Bertz CT molecular complexity index is 679. The number of aliphatic hydroxyl groups excluding tert-OH is 1. The lowest BCUT2D eigenvalue weighted by atomic mass is 10.0. The summed E-state index contributed by atoms with van der Waals surface area (Å²) in [4.78, 5) is 15.8. The second kappa shape index (κ2) is 6.33. The fraction of sp³-hybridized carbons (Fsp3) is 0.176. The maximum Gasteiger partial charge on any atom is 0.336 e. The zero-order chi connectivity index (χ0) is 15.4. The maximum absolute atomic E-state index is 11.4. The number of rotatable bonds is 4. The first kappa shape index (κ1) is 14.9. The normalized spacial score (nSPS) is 11.8. The van der Waals surface area contributed by atoms with Gasteiger partial charge in [0.2, 0.25) is 0 Å². The molecule has 108 valence electrons. The second-order valence-electron chi connectivity index (χ2n) is 4.68. The third kappa shape index (κ3) is 3.17. The van der Waals surface area contributed by atoms with Gasteiger partial charge in [-0.25, -0.2) is 9.78 Å². The van der Waals surface area contributed by atoms with Gasteiger partial charge in [0.15, 0.2) is 0 Å². The molecular weight excluding hydrogens is 266 g/mol. The fourth-order valence-corrected chi connectivity index (χ4v) is 2.04. The number of aromatic nitrogens is 1. The summed E-state index contributed by atoms with van der Waals surface area (Å²) in [5.41, 5.74) is 3.14. The van der Waals surface area contributed by atoms with E-state index in [1.165, 1.54) is 7.11 Å². The SMILES string of the molecule is C=C(C(=O)OC)C(O)c1cccc(-c2ccccc2C)n1. The zero-order valence-corrected chi connectivity index (χ0v) is 12.0. The third-order valence-corrected chi connectivity index (χ3v) is 3.25. The van der Waals surface area contributed by atoms with E-state index < -0.39 is 12.1 Å². The molecular formula is C17H17NO3. The van der Waals surface area contributed by atoms with Crippen molar-refractivity contribution in [1.29, 1.82) is 0 Å². The number of carbonyl (C=O) groups is 1. The zero-order valence-electron chi connectivity index (χ0n) is 12.0. The van der Waals surface area contributed by atoms with Gasteiger partial charge in [0.1, 0.15) is 6.10 Å². The number of pyridine rings is 1. The number of benzene rings is 1. The molecule has 0 radical (unpaired) electrons. The first-order valence-electron chi connectivity index (χ1n) is 6.52. The smallest absolute Gasteiger partial charge is 0.336 e. The number of ether oxygens (including phenoxy) is 1. The molecule has 1 aromatic carbocycles. The van der Waals surface area contributed by atoms with Crippen molar-refractivity contribution in [3.05, 3.63) is 65.9 Å². The fourth-order valence-electron chi connectivity index (χ4n) is 2.04. The largest absolute Gasteiger partial charge is 0.466 e. The van der Waals surface area contributed by atoms with Crippen LogP contribution in [0.2, 0.25) is 0 Å². The van der Waals surface area contributed by atoms with E-state index in [2.05, 4.69) is 16.3 Å². The van der Waals surface area contributed by atoms with Crippen LogP contribution >= 0.6 is 0 Å². The predicted octanol–water partition coefficient (Wildman–Crippen LogP) is 2.82. The van der Waals surface area contributed by atoms with Crippen LogP contribution in [0, 0.1) is 6.92 Å². The lowest BCUT2D eigenvalue weighted by Gasteiger charge is -2.13. The molecule has 0 amide bonds. The lowest BCUT2D eigenvalue weighted by molar-refractivity contribution is -0.137. The van der Waals surface area contributed by atoms with Gasteiger partial charge >= 0.3 is 5.97 Å². The molecule has 0 spiro atoms. The molecule has 1 aromatic heterocycles. The van der Waals surface area contributed by atoms with Crippen molar-refractivity contribution < 1.29 is 14.6 Å². The average molecular weight is 283 g/mol. The molecule has 0 saturated heterocycles. The van der Waals surface area contributed by atoms with Crippen LogP contribution in [-0.4, -0.2) is 23.2 Å². The molecule has 4 nitrogen and oxygen atoms in total. The highest BCUT2D eigenvalue weighted by atomic mass is 16.5. The quantitative estimate of drug-likeness (QED) is 0.692. The van der Waals surface area contributed by atoms with E-state index in [-0.39, 0.29) is 5.57 Å². The second-order valence-corrected chi connectivity index (χ2v) is 4.68. The van der Waals surface area contributed by atoms with Crippen LogP contribution in [0.3, 0.4) is 0 Å². The molecule has 1 N–H and O–H groups in total.